The number of hydrogen-bond acceptors (Lipinski definition) is 3. The number of carbonyl (C=O) groups excluding carboxylic acids is 1. The van der Waals surface area contributed by atoms with Crippen molar-refractivity contribution >= 4 is 5.91 Å². The molecule has 1 heterocycles. The molecule has 4 nitrogen and oxygen atoms in total. The summed E-state index contributed by atoms with van der Waals surface area (Å²) in [5, 5.41) is 0. The quantitative estimate of drug-likeness (QED) is 0.644. The van der Waals surface area contributed by atoms with Gasteiger partial charge in [-0.25, -0.2) is 18.2 Å². The van der Waals surface area contributed by atoms with E-state index in [2.05, 4.69) is 4.98 Å². The Hall–Kier alpha value is -3.09. The minimum atomic E-state index is -0.689. The molecule has 0 bridgehead atoms. The summed E-state index contributed by atoms with van der Waals surface area (Å²) >= 11 is 0. The number of oxazole rings is 1. The summed E-state index contributed by atoms with van der Waals surface area (Å²) in [6, 6.07) is 9.07. The van der Waals surface area contributed by atoms with E-state index >= 15 is 0 Å². The van der Waals surface area contributed by atoms with Gasteiger partial charge in [0.15, 0.2) is 11.7 Å². The van der Waals surface area contributed by atoms with Gasteiger partial charge in [-0.15, -0.1) is 0 Å². The number of hydrogen-bond donors (Lipinski definition) is 0. The van der Waals surface area contributed by atoms with E-state index in [9.17, 15) is 18.0 Å². The van der Waals surface area contributed by atoms with Gasteiger partial charge in [-0.2, -0.15) is 0 Å². The predicted molar refractivity (Wildman–Crippen MR) is 93.1 cm³/mol. The Morgan fingerprint density at radius 1 is 1.07 bits per heavy atom. The summed E-state index contributed by atoms with van der Waals surface area (Å²) in [4.78, 5) is 17.7. The number of aromatic nitrogens is 1. The lowest BCUT2D eigenvalue weighted by molar-refractivity contribution is -0.130. The molecule has 1 aromatic heterocycles. The SMILES string of the molecule is CN(Cc1ccc(F)cc1F)C(=O)CCc1ncc(-c2ccc(F)cc2)o1. The van der Waals surface area contributed by atoms with Crippen LogP contribution in [0.15, 0.2) is 53.1 Å². The lowest BCUT2D eigenvalue weighted by Crippen LogP contribution is -2.26. The highest BCUT2D eigenvalue weighted by atomic mass is 19.1. The molecule has 0 saturated heterocycles. The smallest absolute Gasteiger partial charge is 0.223 e. The van der Waals surface area contributed by atoms with Crippen LogP contribution in [0.4, 0.5) is 13.2 Å². The van der Waals surface area contributed by atoms with E-state index in [0.29, 0.717) is 17.2 Å². The van der Waals surface area contributed by atoms with Crippen LogP contribution in [-0.4, -0.2) is 22.8 Å². The van der Waals surface area contributed by atoms with Gasteiger partial charge in [0.1, 0.15) is 17.5 Å². The van der Waals surface area contributed by atoms with Crippen LogP contribution in [0.2, 0.25) is 0 Å². The zero-order chi connectivity index (χ0) is 19.4. The van der Waals surface area contributed by atoms with E-state index in [-0.39, 0.29) is 36.7 Å². The fourth-order valence-electron chi connectivity index (χ4n) is 2.57. The van der Waals surface area contributed by atoms with Crippen LogP contribution in [-0.2, 0) is 17.8 Å². The first-order valence-electron chi connectivity index (χ1n) is 8.31. The van der Waals surface area contributed by atoms with Crippen LogP contribution in [0.25, 0.3) is 11.3 Å². The maximum atomic E-state index is 13.7. The van der Waals surface area contributed by atoms with E-state index in [4.69, 9.17) is 4.42 Å². The van der Waals surface area contributed by atoms with Crippen molar-refractivity contribution in [2.45, 2.75) is 19.4 Å². The molecule has 0 N–H and O–H groups in total. The average Bonchev–Trinajstić information content (AvgIpc) is 3.11. The van der Waals surface area contributed by atoms with Crippen LogP contribution >= 0.6 is 0 Å². The molecule has 0 aliphatic heterocycles. The second-order valence-corrected chi connectivity index (χ2v) is 6.11. The molecule has 0 unspecified atom stereocenters. The van der Waals surface area contributed by atoms with Crippen LogP contribution in [0, 0.1) is 17.5 Å². The van der Waals surface area contributed by atoms with Crippen LogP contribution in [0.5, 0.6) is 0 Å². The summed E-state index contributed by atoms with van der Waals surface area (Å²) < 4.78 is 45.2. The molecular formula is C20H17F3N2O2. The third kappa shape index (κ3) is 4.75. The Balaban J connectivity index is 1.56. The molecule has 0 aliphatic carbocycles. The molecular weight excluding hydrogens is 357 g/mol. The molecule has 1 amide bonds. The first-order valence-corrected chi connectivity index (χ1v) is 8.31. The van der Waals surface area contributed by atoms with E-state index in [1.54, 1.807) is 19.2 Å². The number of halogens is 3. The van der Waals surface area contributed by atoms with Crippen molar-refractivity contribution in [2.24, 2.45) is 0 Å². The fraction of sp³-hybridized carbons (Fsp3) is 0.200. The van der Waals surface area contributed by atoms with E-state index in [0.717, 1.165) is 12.1 Å². The van der Waals surface area contributed by atoms with Crippen LogP contribution < -0.4 is 0 Å². The standard InChI is InChI=1S/C20H17F3N2O2/c1-25(12-14-4-7-16(22)10-17(14)23)20(26)9-8-19-24-11-18(27-19)13-2-5-15(21)6-3-13/h2-7,10-11H,8-9,12H2,1H3. The van der Waals surface area contributed by atoms with Crippen molar-refractivity contribution < 1.29 is 22.4 Å². The van der Waals surface area contributed by atoms with Crippen molar-refractivity contribution in [3.63, 3.8) is 0 Å². The summed E-state index contributed by atoms with van der Waals surface area (Å²) in [6.07, 6.45) is 1.92. The van der Waals surface area contributed by atoms with Gasteiger partial charge in [-0.1, -0.05) is 6.07 Å². The highest BCUT2D eigenvalue weighted by molar-refractivity contribution is 5.76. The Kier molecular flexibility index (Phi) is 5.59. The van der Waals surface area contributed by atoms with Gasteiger partial charge >= 0.3 is 0 Å². The summed E-state index contributed by atoms with van der Waals surface area (Å²) in [6.45, 7) is 0.0390. The molecule has 7 heteroatoms. The van der Waals surface area contributed by atoms with Crippen LogP contribution in [0.3, 0.4) is 0 Å². The lowest BCUT2D eigenvalue weighted by Gasteiger charge is -2.17. The molecule has 0 spiro atoms. The van der Waals surface area contributed by atoms with Gasteiger partial charge in [0.25, 0.3) is 0 Å². The normalized spacial score (nSPS) is 10.8. The van der Waals surface area contributed by atoms with E-state index in [1.165, 1.54) is 29.3 Å². The average molecular weight is 374 g/mol. The highest BCUT2D eigenvalue weighted by Crippen LogP contribution is 2.21. The minimum absolute atomic E-state index is 0.0390. The largest absolute Gasteiger partial charge is 0.441 e. The van der Waals surface area contributed by atoms with E-state index < -0.39 is 11.6 Å². The number of amides is 1. The summed E-state index contributed by atoms with van der Waals surface area (Å²) in [7, 11) is 1.55. The lowest BCUT2D eigenvalue weighted by atomic mass is 10.2. The topological polar surface area (TPSA) is 46.3 Å². The summed E-state index contributed by atoms with van der Waals surface area (Å²) in [5.74, 6) is -1.05. The third-order valence-electron chi connectivity index (χ3n) is 4.08. The summed E-state index contributed by atoms with van der Waals surface area (Å²) in [5.41, 5.74) is 0.923. The van der Waals surface area contributed by atoms with E-state index in [1.807, 2.05) is 0 Å². The maximum Gasteiger partial charge on any atom is 0.223 e. The molecule has 27 heavy (non-hydrogen) atoms. The van der Waals surface area contributed by atoms with Crippen molar-refractivity contribution in [3.05, 3.63) is 77.6 Å². The Morgan fingerprint density at radius 3 is 2.48 bits per heavy atom. The molecule has 2 aromatic carbocycles. The minimum Gasteiger partial charge on any atom is -0.441 e. The molecule has 3 rings (SSSR count). The second kappa shape index (κ2) is 8.07. The number of rotatable bonds is 6. The molecule has 0 atom stereocenters. The van der Waals surface area contributed by atoms with Crippen LogP contribution in [0.1, 0.15) is 17.9 Å². The molecule has 0 saturated carbocycles. The first-order chi connectivity index (χ1) is 12.9. The van der Waals surface area contributed by atoms with Gasteiger partial charge in [0.05, 0.1) is 6.20 Å². The Bertz CT molecular complexity index is 939. The Morgan fingerprint density at radius 2 is 1.78 bits per heavy atom. The third-order valence-corrected chi connectivity index (χ3v) is 4.08. The zero-order valence-electron chi connectivity index (χ0n) is 14.6. The van der Waals surface area contributed by atoms with Gasteiger partial charge < -0.3 is 9.32 Å². The van der Waals surface area contributed by atoms with Crippen molar-refractivity contribution in [1.29, 1.82) is 0 Å². The van der Waals surface area contributed by atoms with Gasteiger partial charge in [0, 0.05) is 43.6 Å². The highest BCUT2D eigenvalue weighted by Gasteiger charge is 2.14. The first kappa shape index (κ1) is 18.7. The van der Waals surface area contributed by atoms with Gasteiger partial charge in [0.2, 0.25) is 5.91 Å². The predicted octanol–water partition coefficient (Wildman–Crippen LogP) is 4.35. The molecule has 0 aliphatic rings. The second-order valence-electron chi connectivity index (χ2n) is 6.11. The molecule has 0 fully saturated rings. The maximum absolute atomic E-state index is 13.7. The molecule has 3 aromatic rings. The fourth-order valence-corrected chi connectivity index (χ4v) is 2.57. The van der Waals surface area contributed by atoms with Crippen molar-refractivity contribution in [3.8, 4) is 11.3 Å². The number of carbonyl (C=O) groups is 1. The molecule has 0 radical (unpaired) electrons. The number of aryl methyl sites for hydroxylation is 1. The number of nitrogens with zero attached hydrogens (tertiary/aromatic N) is 2. The monoisotopic (exact) mass is 374 g/mol. The van der Waals surface area contributed by atoms with Crippen molar-refractivity contribution in [2.75, 3.05) is 7.05 Å². The van der Waals surface area contributed by atoms with Gasteiger partial charge in [-0.3, -0.25) is 4.79 Å². The van der Waals surface area contributed by atoms with Crippen molar-refractivity contribution in [1.82, 2.24) is 9.88 Å². The molecule has 140 valence electrons. The Labute approximate surface area is 154 Å². The zero-order valence-corrected chi connectivity index (χ0v) is 14.6. The number of benzene rings is 2. The van der Waals surface area contributed by atoms with Gasteiger partial charge in [-0.05, 0) is 30.3 Å².